The molecule has 1 aliphatic heterocycles. The minimum atomic E-state index is 0.698. The molecule has 0 spiro atoms. The van der Waals surface area contributed by atoms with Crippen molar-refractivity contribution in [3.8, 4) is 17.1 Å². The third kappa shape index (κ3) is 3.79. The molecule has 1 aliphatic rings. The highest BCUT2D eigenvalue weighted by molar-refractivity contribution is 7.71. The van der Waals surface area contributed by atoms with Crippen molar-refractivity contribution in [3.05, 3.63) is 53.6 Å². The van der Waals surface area contributed by atoms with Crippen LogP contribution in [0.1, 0.15) is 0 Å². The second-order valence-corrected chi connectivity index (χ2v) is 7.22. The number of anilines is 1. The van der Waals surface area contributed by atoms with Crippen molar-refractivity contribution in [2.75, 3.05) is 38.2 Å². The van der Waals surface area contributed by atoms with Gasteiger partial charge in [0.2, 0.25) is 0 Å². The Bertz CT molecular complexity index is 974. The summed E-state index contributed by atoms with van der Waals surface area (Å²) in [5.74, 6) is 1.73. The van der Waals surface area contributed by atoms with E-state index in [9.17, 15) is 0 Å². The van der Waals surface area contributed by atoms with Crippen LogP contribution in [0.5, 0.6) is 5.75 Å². The average molecular weight is 397 g/mol. The first kappa shape index (κ1) is 18.6. The lowest BCUT2D eigenvalue weighted by molar-refractivity contribution is 0.194. The quantitative estimate of drug-likeness (QED) is 0.618. The lowest BCUT2D eigenvalue weighted by Gasteiger charge is -2.35. The van der Waals surface area contributed by atoms with Gasteiger partial charge in [-0.3, -0.25) is 9.88 Å². The number of benzene rings is 1. The van der Waals surface area contributed by atoms with Gasteiger partial charge in [-0.1, -0.05) is 0 Å². The molecule has 7 nitrogen and oxygen atoms in total. The number of rotatable bonds is 5. The van der Waals surface area contributed by atoms with Gasteiger partial charge in [0.15, 0.2) is 10.6 Å². The lowest BCUT2D eigenvalue weighted by atomic mass is 10.2. The molecule has 1 aromatic carbocycles. The van der Waals surface area contributed by atoms with Crippen LogP contribution in [0.25, 0.3) is 11.4 Å². The number of aromatic nitrogens is 4. The molecule has 3 aromatic rings. The molecular weight excluding hydrogens is 372 g/mol. The second-order valence-electron chi connectivity index (χ2n) is 6.85. The average Bonchev–Trinajstić information content (AvgIpc) is 3.03. The van der Waals surface area contributed by atoms with E-state index >= 15 is 0 Å². The maximum atomic E-state index is 5.60. The third-order valence-electron chi connectivity index (χ3n) is 5.10. The third-order valence-corrected chi connectivity index (χ3v) is 5.59. The van der Waals surface area contributed by atoms with Crippen LogP contribution in [-0.4, -0.2) is 57.5 Å². The van der Waals surface area contributed by atoms with Gasteiger partial charge in [0, 0.05) is 56.9 Å². The summed E-state index contributed by atoms with van der Waals surface area (Å²) in [5, 5.41) is 4.74. The molecule has 0 saturated carbocycles. The molecule has 3 heterocycles. The molecule has 8 heteroatoms. The van der Waals surface area contributed by atoms with Crippen LogP contribution in [0, 0.1) is 4.77 Å². The van der Waals surface area contributed by atoms with Crippen LogP contribution >= 0.6 is 12.2 Å². The Morgan fingerprint density at radius 3 is 2.46 bits per heavy atom. The SMILES string of the molecule is COc1ccc(N2CCN(Cn3nc(-c4cccnc4)n(C)c3=S)CC2)cc1. The Labute approximate surface area is 169 Å². The van der Waals surface area contributed by atoms with Crippen molar-refractivity contribution < 1.29 is 4.74 Å². The zero-order chi connectivity index (χ0) is 19.5. The Morgan fingerprint density at radius 1 is 1.07 bits per heavy atom. The monoisotopic (exact) mass is 396 g/mol. The van der Waals surface area contributed by atoms with Gasteiger partial charge < -0.3 is 14.2 Å². The van der Waals surface area contributed by atoms with E-state index in [4.69, 9.17) is 22.1 Å². The summed E-state index contributed by atoms with van der Waals surface area (Å²) in [6.45, 7) is 4.58. The lowest BCUT2D eigenvalue weighted by Crippen LogP contribution is -2.47. The predicted molar refractivity (Wildman–Crippen MR) is 112 cm³/mol. The Kier molecular flexibility index (Phi) is 5.40. The highest BCUT2D eigenvalue weighted by Crippen LogP contribution is 2.21. The molecule has 2 aromatic heterocycles. The van der Waals surface area contributed by atoms with Gasteiger partial charge in [0.05, 0.1) is 13.8 Å². The standard InChI is InChI=1S/C20H24N6OS/c1-23-19(16-4-3-9-21-14-16)22-26(20(23)28)15-24-10-12-25(13-11-24)17-5-7-18(27-2)8-6-17/h3-9,14H,10-13,15H2,1-2H3. The zero-order valence-corrected chi connectivity index (χ0v) is 17.0. The van der Waals surface area contributed by atoms with Crippen molar-refractivity contribution in [2.24, 2.45) is 7.05 Å². The number of pyridine rings is 1. The molecule has 146 valence electrons. The van der Waals surface area contributed by atoms with E-state index in [1.807, 2.05) is 46.8 Å². The molecule has 0 atom stereocenters. The fourth-order valence-corrected chi connectivity index (χ4v) is 3.64. The van der Waals surface area contributed by atoms with Crippen molar-refractivity contribution in [1.82, 2.24) is 24.2 Å². The molecule has 0 radical (unpaired) electrons. The number of nitrogens with zero attached hydrogens (tertiary/aromatic N) is 6. The highest BCUT2D eigenvalue weighted by atomic mass is 32.1. The largest absolute Gasteiger partial charge is 0.497 e. The van der Waals surface area contributed by atoms with E-state index < -0.39 is 0 Å². The van der Waals surface area contributed by atoms with Crippen LogP contribution in [0.2, 0.25) is 0 Å². The molecule has 0 unspecified atom stereocenters. The molecule has 28 heavy (non-hydrogen) atoms. The number of hydrogen-bond acceptors (Lipinski definition) is 6. The van der Waals surface area contributed by atoms with Crippen molar-refractivity contribution >= 4 is 17.9 Å². The molecule has 0 amide bonds. The molecule has 1 fully saturated rings. The maximum Gasteiger partial charge on any atom is 0.199 e. The molecule has 4 rings (SSSR count). The molecule has 1 saturated heterocycles. The summed E-state index contributed by atoms with van der Waals surface area (Å²) < 4.78 is 9.81. The van der Waals surface area contributed by atoms with Gasteiger partial charge in [-0.25, -0.2) is 4.68 Å². The van der Waals surface area contributed by atoms with Crippen LogP contribution in [0.3, 0.4) is 0 Å². The molecule has 0 aliphatic carbocycles. The first-order valence-corrected chi connectivity index (χ1v) is 9.72. The minimum absolute atomic E-state index is 0.698. The fraction of sp³-hybridized carbons (Fsp3) is 0.350. The summed E-state index contributed by atoms with van der Waals surface area (Å²) in [6.07, 6.45) is 3.58. The Morgan fingerprint density at radius 2 is 1.82 bits per heavy atom. The minimum Gasteiger partial charge on any atom is -0.497 e. The van der Waals surface area contributed by atoms with E-state index in [0.29, 0.717) is 6.67 Å². The van der Waals surface area contributed by atoms with Crippen LogP contribution in [0.15, 0.2) is 48.8 Å². The molecule has 0 N–H and O–H groups in total. The Hall–Kier alpha value is -2.71. The van der Waals surface area contributed by atoms with Crippen molar-refractivity contribution in [3.63, 3.8) is 0 Å². The van der Waals surface area contributed by atoms with Crippen LogP contribution < -0.4 is 9.64 Å². The number of ether oxygens (including phenoxy) is 1. The summed E-state index contributed by atoms with van der Waals surface area (Å²) >= 11 is 5.60. The van der Waals surface area contributed by atoms with E-state index in [2.05, 4.69) is 26.9 Å². The number of hydrogen-bond donors (Lipinski definition) is 0. The summed E-state index contributed by atoms with van der Waals surface area (Å²) in [5.41, 5.74) is 2.20. The van der Waals surface area contributed by atoms with Gasteiger partial charge in [0.1, 0.15) is 5.75 Å². The summed E-state index contributed by atoms with van der Waals surface area (Å²) in [6, 6.07) is 12.2. The van der Waals surface area contributed by atoms with E-state index in [-0.39, 0.29) is 0 Å². The van der Waals surface area contributed by atoms with E-state index in [1.165, 1.54) is 5.69 Å². The first-order chi connectivity index (χ1) is 13.7. The van der Waals surface area contributed by atoms with Crippen LogP contribution in [0.4, 0.5) is 5.69 Å². The van der Waals surface area contributed by atoms with Crippen molar-refractivity contribution in [1.29, 1.82) is 0 Å². The van der Waals surface area contributed by atoms with Gasteiger partial charge in [-0.15, -0.1) is 0 Å². The smallest absolute Gasteiger partial charge is 0.199 e. The topological polar surface area (TPSA) is 51.4 Å². The Balaban J connectivity index is 1.42. The summed E-state index contributed by atoms with van der Waals surface area (Å²) in [7, 11) is 3.64. The predicted octanol–water partition coefficient (Wildman–Crippen LogP) is 2.80. The number of methoxy groups -OCH3 is 1. The second kappa shape index (κ2) is 8.12. The van der Waals surface area contributed by atoms with Crippen molar-refractivity contribution in [2.45, 2.75) is 6.67 Å². The summed E-state index contributed by atoms with van der Waals surface area (Å²) in [4.78, 5) is 8.97. The van der Waals surface area contributed by atoms with E-state index in [1.54, 1.807) is 13.3 Å². The molecule has 0 bridgehead atoms. The van der Waals surface area contributed by atoms with Gasteiger partial charge in [-0.05, 0) is 48.6 Å². The van der Waals surface area contributed by atoms with Gasteiger partial charge in [0.25, 0.3) is 0 Å². The van der Waals surface area contributed by atoms with Crippen LogP contribution in [-0.2, 0) is 13.7 Å². The molecular formula is C20H24N6OS. The van der Waals surface area contributed by atoms with Gasteiger partial charge >= 0.3 is 0 Å². The maximum absolute atomic E-state index is 5.60. The first-order valence-electron chi connectivity index (χ1n) is 9.31. The highest BCUT2D eigenvalue weighted by Gasteiger charge is 2.19. The van der Waals surface area contributed by atoms with E-state index in [0.717, 1.165) is 48.1 Å². The number of piperazine rings is 1. The fourth-order valence-electron chi connectivity index (χ4n) is 3.46. The normalized spacial score (nSPS) is 15.0. The zero-order valence-electron chi connectivity index (χ0n) is 16.2. The van der Waals surface area contributed by atoms with Gasteiger partial charge in [-0.2, -0.15) is 5.10 Å².